The standard InChI is InChI=1S/C12H24N2O2/c1-9(13)5-6-10-7-8-14(10)11(15)16-12(2,3)4/h9-10H,5-8,13H2,1-4H3. The summed E-state index contributed by atoms with van der Waals surface area (Å²) in [6.07, 6.45) is 2.83. The van der Waals surface area contributed by atoms with E-state index < -0.39 is 5.60 Å². The monoisotopic (exact) mass is 228 g/mol. The van der Waals surface area contributed by atoms with Gasteiger partial charge in [0.2, 0.25) is 0 Å². The predicted molar refractivity (Wildman–Crippen MR) is 64.2 cm³/mol. The van der Waals surface area contributed by atoms with Gasteiger partial charge in [-0.2, -0.15) is 0 Å². The molecule has 4 heteroatoms. The van der Waals surface area contributed by atoms with Gasteiger partial charge in [-0.05, 0) is 47.0 Å². The van der Waals surface area contributed by atoms with E-state index in [4.69, 9.17) is 10.5 Å². The van der Waals surface area contributed by atoms with E-state index in [1.54, 1.807) is 0 Å². The van der Waals surface area contributed by atoms with Crippen molar-refractivity contribution in [2.24, 2.45) is 5.73 Å². The van der Waals surface area contributed by atoms with Crippen LogP contribution < -0.4 is 5.73 Å². The summed E-state index contributed by atoms with van der Waals surface area (Å²) in [5, 5.41) is 0. The maximum atomic E-state index is 11.8. The van der Waals surface area contributed by atoms with E-state index in [1.165, 1.54) is 0 Å². The molecule has 1 rings (SSSR count). The van der Waals surface area contributed by atoms with E-state index in [9.17, 15) is 4.79 Å². The zero-order valence-corrected chi connectivity index (χ0v) is 10.8. The summed E-state index contributed by atoms with van der Waals surface area (Å²) in [4.78, 5) is 13.6. The number of nitrogens with two attached hydrogens (primary N) is 1. The van der Waals surface area contributed by atoms with Crippen molar-refractivity contribution in [1.29, 1.82) is 0 Å². The Morgan fingerprint density at radius 1 is 1.56 bits per heavy atom. The van der Waals surface area contributed by atoms with E-state index in [1.807, 2.05) is 32.6 Å². The molecule has 94 valence electrons. The average molecular weight is 228 g/mol. The second-order valence-corrected chi connectivity index (χ2v) is 5.67. The van der Waals surface area contributed by atoms with E-state index in [2.05, 4.69) is 0 Å². The quantitative estimate of drug-likeness (QED) is 0.805. The molecule has 4 nitrogen and oxygen atoms in total. The van der Waals surface area contributed by atoms with E-state index >= 15 is 0 Å². The normalized spacial score (nSPS) is 22.6. The highest BCUT2D eigenvalue weighted by Gasteiger charge is 2.34. The molecule has 2 N–H and O–H groups in total. The van der Waals surface area contributed by atoms with Gasteiger partial charge in [0.05, 0.1) is 0 Å². The Kier molecular flexibility index (Phi) is 4.19. The molecule has 1 aliphatic heterocycles. The van der Waals surface area contributed by atoms with Crippen LogP contribution in [0.5, 0.6) is 0 Å². The zero-order valence-electron chi connectivity index (χ0n) is 10.8. The number of amides is 1. The van der Waals surface area contributed by atoms with Crippen LogP contribution in [-0.2, 0) is 4.74 Å². The minimum absolute atomic E-state index is 0.187. The Morgan fingerprint density at radius 3 is 2.56 bits per heavy atom. The number of hydrogen-bond donors (Lipinski definition) is 1. The first kappa shape index (κ1) is 13.3. The van der Waals surface area contributed by atoms with Gasteiger partial charge in [-0.15, -0.1) is 0 Å². The number of nitrogens with zero attached hydrogens (tertiary/aromatic N) is 1. The highest BCUT2D eigenvalue weighted by molar-refractivity contribution is 5.69. The molecule has 0 radical (unpaired) electrons. The minimum atomic E-state index is -0.404. The molecule has 1 heterocycles. The van der Waals surface area contributed by atoms with Gasteiger partial charge in [0.1, 0.15) is 5.60 Å². The summed E-state index contributed by atoms with van der Waals surface area (Å²) < 4.78 is 5.33. The molecule has 1 aliphatic rings. The highest BCUT2D eigenvalue weighted by atomic mass is 16.6. The Morgan fingerprint density at radius 2 is 2.19 bits per heavy atom. The fourth-order valence-electron chi connectivity index (χ4n) is 1.76. The Bertz CT molecular complexity index is 246. The molecule has 2 atom stereocenters. The summed E-state index contributed by atoms with van der Waals surface area (Å²) in [6, 6.07) is 0.543. The lowest BCUT2D eigenvalue weighted by atomic mass is 9.97. The van der Waals surface area contributed by atoms with Crippen molar-refractivity contribution >= 4 is 6.09 Å². The molecule has 1 amide bonds. The molecule has 2 unspecified atom stereocenters. The van der Waals surface area contributed by atoms with E-state index in [0.29, 0.717) is 6.04 Å². The molecule has 0 aromatic heterocycles. The van der Waals surface area contributed by atoms with Crippen molar-refractivity contribution in [2.45, 2.75) is 64.6 Å². The first-order chi connectivity index (χ1) is 7.29. The smallest absolute Gasteiger partial charge is 0.410 e. The van der Waals surface area contributed by atoms with Gasteiger partial charge < -0.3 is 15.4 Å². The summed E-state index contributed by atoms with van der Waals surface area (Å²) in [7, 11) is 0. The van der Waals surface area contributed by atoms with Gasteiger partial charge in [0.25, 0.3) is 0 Å². The van der Waals surface area contributed by atoms with Crippen molar-refractivity contribution in [3.63, 3.8) is 0 Å². The number of hydrogen-bond acceptors (Lipinski definition) is 3. The van der Waals surface area contributed by atoms with Crippen molar-refractivity contribution in [1.82, 2.24) is 4.90 Å². The number of carbonyl (C=O) groups excluding carboxylic acids is 1. The molecule has 0 aromatic rings. The van der Waals surface area contributed by atoms with Gasteiger partial charge in [0.15, 0.2) is 0 Å². The van der Waals surface area contributed by atoms with Crippen LogP contribution in [-0.4, -0.2) is 35.2 Å². The second-order valence-electron chi connectivity index (χ2n) is 5.67. The predicted octanol–water partition coefficient (Wildman–Crippen LogP) is 2.12. The fourth-order valence-corrected chi connectivity index (χ4v) is 1.76. The van der Waals surface area contributed by atoms with Gasteiger partial charge in [-0.25, -0.2) is 4.79 Å². The third-order valence-corrected chi connectivity index (χ3v) is 2.73. The summed E-state index contributed by atoms with van der Waals surface area (Å²) in [5.41, 5.74) is 5.30. The number of likely N-dealkylation sites (tertiary alicyclic amines) is 1. The lowest BCUT2D eigenvalue weighted by Gasteiger charge is -2.41. The van der Waals surface area contributed by atoms with Crippen LogP contribution in [0.3, 0.4) is 0 Å². The largest absolute Gasteiger partial charge is 0.444 e. The van der Waals surface area contributed by atoms with Gasteiger partial charge in [-0.1, -0.05) is 0 Å². The van der Waals surface area contributed by atoms with Crippen LogP contribution in [0, 0.1) is 0 Å². The summed E-state index contributed by atoms with van der Waals surface area (Å²) in [6.45, 7) is 8.49. The summed E-state index contributed by atoms with van der Waals surface area (Å²) >= 11 is 0. The van der Waals surface area contributed by atoms with Crippen molar-refractivity contribution in [2.75, 3.05) is 6.54 Å². The van der Waals surface area contributed by atoms with E-state index in [0.717, 1.165) is 25.8 Å². The number of carbonyl (C=O) groups is 1. The van der Waals surface area contributed by atoms with Crippen LogP contribution in [0.15, 0.2) is 0 Å². The molecular formula is C12H24N2O2. The second kappa shape index (κ2) is 5.04. The molecule has 16 heavy (non-hydrogen) atoms. The first-order valence-corrected chi connectivity index (χ1v) is 6.05. The van der Waals surface area contributed by atoms with Crippen LogP contribution in [0.1, 0.15) is 47.0 Å². The van der Waals surface area contributed by atoms with Gasteiger partial charge in [-0.3, -0.25) is 0 Å². The SMILES string of the molecule is CC(N)CCC1CCN1C(=O)OC(C)(C)C. The first-order valence-electron chi connectivity index (χ1n) is 6.05. The summed E-state index contributed by atoms with van der Waals surface area (Å²) in [5.74, 6) is 0. The van der Waals surface area contributed by atoms with Crippen molar-refractivity contribution in [3.8, 4) is 0 Å². The molecule has 0 aliphatic carbocycles. The van der Waals surface area contributed by atoms with Gasteiger partial charge in [0, 0.05) is 18.6 Å². The van der Waals surface area contributed by atoms with Crippen molar-refractivity contribution < 1.29 is 9.53 Å². The molecule has 0 spiro atoms. The topological polar surface area (TPSA) is 55.6 Å². The fraction of sp³-hybridized carbons (Fsp3) is 0.917. The lowest BCUT2D eigenvalue weighted by Crippen LogP contribution is -2.52. The zero-order chi connectivity index (χ0) is 12.3. The van der Waals surface area contributed by atoms with E-state index in [-0.39, 0.29) is 12.1 Å². The Labute approximate surface area is 98.1 Å². The lowest BCUT2D eigenvalue weighted by molar-refractivity contribution is -0.00718. The maximum Gasteiger partial charge on any atom is 0.410 e. The van der Waals surface area contributed by atoms with Crippen molar-refractivity contribution in [3.05, 3.63) is 0 Å². The highest BCUT2D eigenvalue weighted by Crippen LogP contribution is 2.24. The maximum absolute atomic E-state index is 11.8. The Balaban J connectivity index is 2.34. The molecule has 1 saturated heterocycles. The molecule has 0 aromatic carbocycles. The van der Waals surface area contributed by atoms with Crippen LogP contribution >= 0.6 is 0 Å². The third kappa shape index (κ3) is 4.00. The molecule has 0 bridgehead atoms. The van der Waals surface area contributed by atoms with Crippen LogP contribution in [0.2, 0.25) is 0 Å². The number of ether oxygens (including phenoxy) is 1. The van der Waals surface area contributed by atoms with Crippen LogP contribution in [0.4, 0.5) is 4.79 Å². The minimum Gasteiger partial charge on any atom is -0.444 e. The third-order valence-electron chi connectivity index (χ3n) is 2.73. The van der Waals surface area contributed by atoms with Crippen LogP contribution in [0.25, 0.3) is 0 Å². The number of rotatable bonds is 3. The molecule has 1 fully saturated rings. The molecule has 0 saturated carbocycles. The average Bonchev–Trinajstić information content (AvgIpc) is 1.96. The Hall–Kier alpha value is -0.770. The molecular weight excluding hydrogens is 204 g/mol. The van der Waals surface area contributed by atoms with Gasteiger partial charge >= 0.3 is 6.09 Å².